The normalized spacial score (nSPS) is 11.0. The summed E-state index contributed by atoms with van der Waals surface area (Å²) in [7, 11) is 0. The van der Waals surface area contributed by atoms with Crippen molar-refractivity contribution < 1.29 is 9.21 Å². The van der Waals surface area contributed by atoms with Gasteiger partial charge in [-0.2, -0.15) is 0 Å². The van der Waals surface area contributed by atoms with Crippen molar-refractivity contribution in [2.75, 3.05) is 0 Å². The van der Waals surface area contributed by atoms with Gasteiger partial charge in [-0.1, -0.05) is 11.8 Å². The zero-order valence-electron chi connectivity index (χ0n) is 11.0. The van der Waals surface area contributed by atoms with Crippen LogP contribution in [0.2, 0.25) is 0 Å². The molecule has 0 spiro atoms. The lowest BCUT2D eigenvalue weighted by Gasteiger charge is -2.08. The summed E-state index contributed by atoms with van der Waals surface area (Å²) in [4.78, 5) is 23.1. The van der Waals surface area contributed by atoms with Gasteiger partial charge in [0.2, 0.25) is 0 Å². The predicted octanol–water partition coefficient (Wildman–Crippen LogP) is 0.641. The van der Waals surface area contributed by atoms with Gasteiger partial charge in [-0.05, 0) is 19.9 Å². The number of carbonyl (C=O) groups is 1. The maximum atomic E-state index is 11.6. The van der Waals surface area contributed by atoms with Gasteiger partial charge >= 0.3 is 5.69 Å². The van der Waals surface area contributed by atoms with E-state index in [-0.39, 0.29) is 11.7 Å². The van der Waals surface area contributed by atoms with E-state index in [0.717, 1.165) is 0 Å². The van der Waals surface area contributed by atoms with Crippen LogP contribution in [-0.4, -0.2) is 20.7 Å². The number of thioether (sulfide) groups is 1. The van der Waals surface area contributed by atoms with E-state index in [1.165, 1.54) is 28.7 Å². The van der Waals surface area contributed by atoms with Crippen LogP contribution in [0.15, 0.2) is 26.7 Å². The SMILES string of the molecule is CC(C)n1c(SCc2occc2C(=O)NN)n[nH]c1=O. The zero-order valence-corrected chi connectivity index (χ0v) is 11.9. The van der Waals surface area contributed by atoms with Gasteiger partial charge in [0.1, 0.15) is 5.76 Å². The van der Waals surface area contributed by atoms with Crippen molar-refractivity contribution in [2.45, 2.75) is 30.8 Å². The number of aromatic amines is 1. The van der Waals surface area contributed by atoms with Gasteiger partial charge < -0.3 is 4.42 Å². The Hall–Kier alpha value is -2.00. The molecule has 2 aromatic heterocycles. The molecule has 0 aliphatic carbocycles. The van der Waals surface area contributed by atoms with Gasteiger partial charge in [-0.3, -0.25) is 14.8 Å². The van der Waals surface area contributed by atoms with Crippen LogP contribution in [0.3, 0.4) is 0 Å². The summed E-state index contributed by atoms with van der Waals surface area (Å²) in [6.07, 6.45) is 1.42. The Morgan fingerprint density at radius 2 is 2.40 bits per heavy atom. The summed E-state index contributed by atoms with van der Waals surface area (Å²) in [5.74, 6) is 5.52. The number of hydrogen-bond acceptors (Lipinski definition) is 6. The topological polar surface area (TPSA) is 119 Å². The molecule has 0 bridgehead atoms. The molecule has 0 aromatic carbocycles. The lowest BCUT2D eigenvalue weighted by Crippen LogP contribution is -2.30. The summed E-state index contributed by atoms with van der Waals surface area (Å²) in [5, 5.41) is 6.90. The third-order valence-electron chi connectivity index (χ3n) is 2.64. The fraction of sp³-hybridized carbons (Fsp3) is 0.364. The van der Waals surface area contributed by atoms with Crippen LogP contribution in [0.25, 0.3) is 0 Å². The monoisotopic (exact) mass is 297 g/mol. The van der Waals surface area contributed by atoms with Crippen LogP contribution in [0.4, 0.5) is 0 Å². The third kappa shape index (κ3) is 2.78. The second-order valence-corrected chi connectivity index (χ2v) is 5.24. The van der Waals surface area contributed by atoms with Crippen LogP contribution in [0, 0.1) is 0 Å². The van der Waals surface area contributed by atoms with Gasteiger partial charge in [-0.25, -0.2) is 15.7 Å². The van der Waals surface area contributed by atoms with Crippen molar-refractivity contribution in [1.82, 2.24) is 20.2 Å². The molecule has 0 aliphatic heterocycles. The highest BCUT2D eigenvalue weighted by molar-refractivity contribution is 7.98. The van der Waals surface area contributed by atoms with E-state index in [1.54, 1.807) is 0 Å². The average molecular weight is 297 g/mol. The quantitative estimate of drug-likeness (QED) is 0.322. The minimum absolute atomic E-state index is 0.00726. The Bertz CT molecular complexity index is 657. The first-order valence-corrected chi connectivity index (χ1v) is 6.90. The fourth-order valence-electron chi connectivity index (χ4n) is 1.71. The molecular formula is C11H15N5O3S. The second-order valence-electron chi connectivity index (χ2n) is 4.29. The molecule has 0 radical (unpaired) electrons. The molecule has 0 saturated carbocycles. The van der Waals surface area contributed by atoms with Crippen molar-refractivity contribution >= 4 is 17.7 Å². The van der Waals surface area contributed by atoms with Crippen molar-refractivity contribution in [2.24, 2.45) is 5.84 Å². The molecule has 0 fully saturated rings. The lowest BCUT2D eigenvalue weighted by molar-refractivity contribution is 0.0952. The Kier molecular flexibility index (Phi) is 4.30. The maximum Gasteiger partial charge on any atom is 0.344 e. The van der Waals surface area contributed by atoms with Gasteiger partial charge in [-0.15, -0.1) is 5.10 Å². The zero-order chi connectivity index (χ0) is 14.7. The number of furan rings is 1. The maximum absolute atomic E-state index is 11.6. The Labute approximate surface area is 118 Å². The molecular weight excluding hydrogens is 282 g/mol. The first kappa shape index (κ1) is 14.4. The first-order chi connectivity index (χ1) is 9.54. The highest BCUT2D eigenvalue weighted by atomic mass is 32.2. The van der Waals surface area contributed by atoms with Gasteiger partial charge in [0.25, 0.3) is 5.91 Å². The number of aromatic nitrogens is 3. The lowest BCUT2D eigenvalue weighted by atomic mass is 10.2. The Morgan fingerprint density at radius 3 is 3.05 bits per heavy atom. The van der Waals surface area contributed by atoms with Crippen LogP contribution >= 0.6 is 11.8 Å². The molecule has 2 rings (SSSR count). The summed E-state index contributed by atoms with van der Waals surface area (Å²) in [6, 6.07) is 1.53. The van der Waals surface area contributed by atoms with E-state index in [2.05, 4.69) is 15.6 Å². The van der Waals surface area contributed by atoms with E-state index in [9.17, 15) is 9.59 Å². The van der Waals surface area contributed by atoms with Gasteiger partial charge in [0.05, 0.1) is 17.6 Å². The highest BCUT2D eigenvalue weighted by Gasteiger charge is 2.17. The van der Waals surface area contributed by atoms with Crippen molar-refractivity contribution in [3.63, 3.8) is 0 Å². The molecule has 108 valence electrons. The van der Waals surface area contributed by atoms with E-state index in [4.69, 9.17) is 10.3 Å². The number of nitrogens with one attached hydrogen (secondary N) is 2. The summed E-state index contributed by atoms with van der Waals surface area (Å²) in [5.41, 5.74) is 2.16. The number of H-pyrrole nitrogens is 1. The van der Waals surface area contributed by atoms with Gasteiger partial charge in [0.15, 0.2) is 5.16 Å². The molecule has 1 amide bonds. The molecule has 8 nitrogen and oxygen atoms in total. The summed E-state index contributed by atoms with van der Waals surface area (Å²) >= 11 is 1.30. The summed E-state index contributed by atoms with van der Waals surface area (Å²) < 4.78 is 6.79. The van der Waals surface area contributed by atoms with E-state index in [1.807, 2.05) is 13.8 Å². The van der Waals surface area contributed by atoms with Crippen LogP contribution < -0.4 is 17.0 Å². The Morgan fingerprint density at radius 1 is 1.65 bits per heavy atom. The standard InChI is InChI=1S/C11H15N5O3S/c1-6(2)16-10(18)14-15-11(16)20-5-8-7(3-4-19-8)9(17)13-12/h3-4,6H,5,12H2,1-2H3,(H,13,17)(H,14,18). The number of nitrogen functional groups attached to an aromatic ring is 1. The van der Waals surface area contributed by atoms with E-state index in [0.29, 0.717) is 22.2 Å². The number of rotatable bonds is 5. The predicted molar refractivity (Wildman–Crippen MR) is 73.2 cm³/mol. The number of nitrogens with zero attached hydrogens (tertiary/aromatic N) is 2. The Balaban J connectivity index is 2.16. The van der Waals surface area contributed by atoms with Crippen molar-refractivity contribution in [3.8, 4) is 0 Å². The number of carbonyl (C=O) groups excluding carboxylic acids is 1. The average Bonchev–Trinajstić information content (AvgIpc) is 3.01. The number of hydrogen-bond donors (Lipinski definition) is 3. The molecule has 20 heavy (non-hydrogen) atoms. The van der Waals surface area contributed by atoms with Crippen molar-refractivity contribution in [3.05, 3.63) is 34.1 Å². The fourth-order valence-corrected chi connectivity index (χ4v) is 2.74. The smallest absolute Gasteiger partial charge is 0.344 e. The number of amides is 1. The molecule has 2 aromatic rings. The summed E-state index contributed by atoms with van der Waals surface area (Å²) in [6.45, 7) is 3.78. The molecule has 4 N–H and O–H groups in total. The van der Waals surface area contributed by atoms with E-state index >= 15 is 0 Å². The molecule has 9 heteroatoms. The molecule has 2 heterocycles. The molecule has 0 saturated heterocycles. The molecule has 0 aliphatic rings. The largest absolute Gasteiger partial charge is 0.468 e. The third-order valence-corrected chi connectivity index (χ3v) is 3.59. The minimum Gasteiger partial charge on any atom is -0.468 e. The molecule has 0 atom stereocenters. The van der Waals surface area contributed by atoms with E-state index < -0.39 is 5.91 Å². The highest BCUT2D eigenvalue weighted by Crippen LogP contribution is 2.24. The van der Waals surface area contributed by atoms with Gasteiger partial charge in [0, 0.05) is 6.04 Å². The van der Waals surface area contributed by atoms with Crippen molar-refractivity contribution in [1.29, 1.82) is 0 Å². The first-order valence-electron chi connectivity index (χ1n) is 5.91. The van der Waals surface area contributed by atoms with Crippen LogP contribution in [0.5, 0.6) is 0 Å². The minimum atomic E-state index is -0.419. The number of nitrogens with two attached hydrogens (primary N) is 1. The van der Waals surface area contributed by atoms with Crippen LogP contribution in [-0.2, 0) is 5.75 Å². The second kappa shape index (κ2) is 5.97. The molecule has 0 unspecified atom stereocenters. The van der Waals surface area contributed by atoms with Crippen LogP contribution in [0.1, 0.15) is 36.0 Å². The number of hydrazine groups is 1.